The van der Waals surface area contributed by atoms with E-state index < -0.39 is 29.2 Å². The Labute approximate surface area is 178 Å². The molecule has 0 aromatic carbocycles. The summed E-state index contributed by atoms with van der Waals surface area (Å²) in [7, 11) is 0. The van der Waals surface area contributed by atoms with Crippen molar-refractivity contribution in [2.45, 2.75) is 72.7 Å². The first kappa shape index (κ1) is 21.5. The molecular formula is C25H34O5. The minimum absolute atomic E-state index is 0.0490. The van der Waals surface area contributed by atoms with Crippen LogP contribution in [0, 0.1) is 34.5 Å². The Bertz CT molecular complexity index is 908. The van der Waals surface area contributed by atoms with E-state index in [9.17, 15) is 19.8 Å². The SMILES string of the molecule is C/C=C(/C)C(=O)OC1C(C)=CC23C(=O)[C@@H](C=C(C)[C@@H](O)[C@]12O)[C@H]1[C@@H](C[C@H]3C)C1(C)C. The van der Waals surface area contributed by atoms with Gasteiger partial charge in [0, 0.05) is 11.5 Å². The molecule has 8 atom stereocenters. The molecule has 0 aromatic heterocycles. The minimum atomic E-state index is -1.92. The van der Waals surface area contributed by atoms with Crippen molar-refractivity contribution in [1.29, 1.82) is 0 Å². The number of fused-ring (bicyclic) bond motifs is 3. The zero-order valence-corrected chi connectivity index (χ0v) is 19.0. The third-order valence-corrected chi connectivity index (χ3v) is 8.82. The molecule has 5 heteroatoms. The second kappa shape index (κ2) is 6.39. The number of carbonyl (C=O) groups excluding carboxylic acids is 2. The molecule has 2 saturated carbocycles. The summed E-state index contributed by atoms with van der Waals surface area (Å²) >= 11 is 0. The highest BCUT2D eigenvalue weighted by molar-refractivity contribution is 5.95. The molecule has 0 amide bonds. The van der Waals surface area contributed by atoms with Gasteiger partial charge in [-0.05, 0) is 68.4 Å². The van der Waals surface area contributed by atoms with E-state index in [1.807, 2.05) is 19.1 Å². The summed E-state index contributed by atoms with van der Waals surface area (Å²) in [6.45, 7) is 13.3. The molecule has 4 rings (SSSR count). The van der Waals surface area contributed by atoms with E-state index in [1.54, 1.807) is 33.8 Å². The molecule has 4 aliphatic carbocycles. The molecule has 164 valence electrons. The van der Waals surface area contributed by atoms with Gasteiger partial charge < -0.3 is 14.9 Å². The fourth-order valence-electron chi connectivity index (χ4n) is 6.89. The van der Waals surface area contributed by atoms with Gasteiger partial charge >= 0.3 is 5.97 Å². The zero-order valence-electron chi connectivity index (χ0n) is 19.0. The summed E-state index contributed by atoms with van der Waals surface area (Å²) in [5.74, 6) is -0.541. The summed E-state index contributed by atoms with van der Waals surface area (Å²) in [5.41, 5.74) is -1.53. The molecule has 30 heavy (non-hydrogen) atoms. The number of Topliss-reactive ketones (excluding diaryl/α,β-unsaturated/α-hetero) is 1. The van der Waals surface area contributed by atoms with E-state index in [0.717, 1.165) is 6.42 Å². The first-order valence-corrected chi connectivity index (χ1v) is 11.0. The van der Waals surface area contributed by atoms with Crippen LogP contribution in [-0.4, -0.2) is 39.8 Å². The Hall–Kier alpha value is -1.72. The lowest BCUT2D eigenvalue weighted by Gasteiger charge is -2.48. The molecule has 2 bridgehead atoms. The lowest BCUT2D eigenvalue weighted by Crippen LogP contribution is -2.65. The predicted molar refractivity (Wildman–Crippen MR) is 113 cm³/mol. The number of hydrogen-bond acceptors (Lipinski definition) is 5. The summed E-state index contributed by atoms with van der Waals surface area (Å²) < 4.78 is 5.76. The topological polar surface area (TPSA) is 83.8 Å². The lowest BCUT2D eigenvalue weighted by atomic mass is 9.59. The van der Waals surface area contributed by atoms with Gasteiger partial charge in [0.25, 0.3) is 0 Å². The van der Waals surface area contributed by atoms with E-state index in [-0.39, 0.29) is 29.0 Å². The molecule has 1 spiro atoms. The molecule has 2 unspecified atom stereocenters. The van der Waals surface area contributed by atoms with Crippen LogP contribution in [0.25, 0.3) is 0 Å². The average Bonchev–Trinajstić information content (AvgIpc) is 3.17. The Kier molecular flexibility index (Phi) is 4.58. The van der Waals surface area contributed by atoms with Crippen molar-refractivity contribution in [3.8, 4) is 0 Å². The second-order valence-electron chi connectivity index (χ2n) is 10.6. The number of hydrogen-bond donors (Lipinski definition) is 2. The highest BCUT2D eigenvalue weighted by Crippen LogP contribution is 2.71. The molecule has 0 heterocycles. The van der Waals surface area contributed by atoms with Crippen LogP contribution in [0.5, 0.6) is 0 Å². The maximum Gasteiger partial charge on any atom is 0.334 e. The van der Waals surface area contributed by atoms with Gasteiger partial charge in [-0.2, -0.15) is 0 Å². The van der Waals surface area contributed by atoms with Crippen LogP contribution in [0.15, 0.2) is 34.9 Å². The summed E-state index contributed by atoms with van der Waals surface area (Å²) in [6.07, 6.45) is 3.74. The van der Waals surface area contributed by atoms with E-state index in [2.05, 4.69) is 13.8 Å². The maximum atomic E-state index is 14.1. The van der Waals surface area contributed by atoms with Crippen LogP contribution in [0.2, 0.25) is 0 Å². The summed E-state index contributed by atoms with van der Waals surface area (Å²) in [6, 6.07) is 0. The molecule has 0 radical (unpaired) electrons. The second-order valence-corrected chi connectivity index (χ2v) is 10.6. The fraction of sp³-hybridized carbons (Fsp3) is 0.680. The van der Waals surface area contributed by atoms with Gasteiger partial charge in [0.1, 0.15) is 6.10 Å². The Morgan fingerprint density at radius 2 is 1.90 bits per heavy atom. The number of carbonyl (C=O) groups is 2. The monoisotopic (exact) mass is 414 g/mol. The van der Waals surface area contributed by atoms with Crippen molar-refractivity contribution in [3.05, 3.63) is 34.9 Å². The smallest absolute Gasteiger partial charge is 0.334 e. The van der Waals surface area contributed by atoms with Gasteiger partial charge in [-0.1, -0.05) is 39.0 Å². The Morgan fingerprint density at radius 1 is 1.27 bits per heavy atom. The first-order valence-electron chi connectivity index (χ1n) is 11.0. The largest absolute Gasteiger partial charge is 0.451 e. The van der Waals surface area contributed by atoms with Gasteiger partial charge in [-0.3, -0.25) is 4.79 Å². The van der Waals surface area contributed by atoms with E-state index in [1.165, 1.54) is 0 Å². The Morgan fingerprint density at radius 3 is 2.50 bits per heavy atom. The van der Waals surface area contributed by atoms with Crippen molar-refractivity contribution in [2.24, 2.45) is 34.5 Å². The predicted octanol–water partition coefficient (Wildman–Crippen LogP) is 3.36. The number of rotatable bonds is 2. The Balaban J connectivity index is 1.89. The number of esters is 1. The summed E-state index contributed by atoms with van der Waals surface area (Å²) in [4.78, 5) is 26.7. The molecule has 5 nitrogen and oxygen atoms in total. The standard InChI is InChI=1S/C25H34O5/c1-8-12(2)22(28)30-21-14(4)11-24-15(5)10-17-18(23(17,6)7)16(20(24)27)9-13(3)19(26)25(21,24)29/h8-9,11,15-19,21,26,29H,10H2,1-7H3/b12-8-/t15-,16+,17-,18+,19-,21?,24?,25+/m1/s1. The highest BCUT2D eigenvalue weighted by atomic mass is 16.6. The number of aliphatic hydroxyl groups is 2. The molecule has 2 N–H and O–H groups in total. The van der Waals surface area contributed by atoms with E-state index in [0.29, 0.717) is 22.6 Å². The van der Waals surface area contributed by atoms with E-state index in [4.69, 9.17) is 4.74 Å². The van der Waals surface area contributed by atoms with Crippen LogP contribution < -0.4 is 0 Å². The molecule has 0 saturated heterocycles. The number of allylic oxidation sites excluding steroid dienone is 2. The molecular weight excluding hydrogens is 380 g/mol. The molecule has 0 aromatic rings. The normalized spacial score (nSPS) is 46.7. The van der Waals surface area contributed by atoms with Gasteiger partial charge in [0.05, 0.1) is 5.41 Å². The minimum Gasteiger partial charge on any atom is -0.451 e. The number of ketones is 1. The van der Waals surface area contributed by atoms with Crippen molar-refractivity contribution in [1.82, 2.24) is 0 Å². The van der Waals surface area contributed by atoms with Crippen LogP contribution >= 0.6 is 0 Å². The summed E-state index contributed by atoms with van der Waals surface area (Å²) in [5, 5.41) is 23.6. The first-order chi connectivity index (χ1) is 13.9. The van der Waals surface area contributed by atoms with Gasteiger partial charge in [-0.25, -0.2) is 4.79 Å². The van der Waals surface area contributed by atoms with Gasteiger partial charge in [0.2, 0.25) is 0 Å². The van der Waals surface area contributed by atoms with Gasteiger partial charge in [0.15, 0.2) is 17.5 Å². The lowest BCUT2D eigenvalue weighted by molar-refractivity contribution is -0.201. The molecule has 0 aliphatic heterocycles. The number of ether oxygens (including phenoxy) is 1. The average molecular weight is 415 g/mol. The number of aliphatic hydroxyl groups excluding tert-OH is 1. The maximum absolute atomic E-state index is 14.1. The van der Waals surface area contributed by atoms with Crippen molar-refractivity contribution >= 4 is 11.8 Å². The van der Waals surface area contributed by atoms with Crippen LogP contribution in [-0.2, 0) is 14.3 Å². The van der Waals surface area contributed by atoms with Gasteiger partial charge in [-0.15, -0.1) is 0 Å². The quantitative estimate of drug-likeness (QED) is 0.411. The third-order valence-electron chi connectivity index (χ3n) is 8.82. The van der Waals surface area contributed by atoms with Crippen molar-refractivity contribution in [2.75, 3.05) is 0 Å². The van der Waals surface area contributed by atoms with Crippen LogP contribution in [0.4, 0.5) is 0 Å². The van der Waals surface area contributed by atoms with Crippen molar-refractivity contribution < 1.29 is 24.5 Å². The van der Waals surface area contributed by atoms with Crippen LogP contribution in [0.3, 0.4) is 0 Å². The zero-order chi connectivity index (χ0) is 22.4. The third kappa shape index (κ3) is 2.36. The molecule has 2 fully saturated rings. The molecule has 4 aliphatic rings. The van der Waals surface area contributed by atoms with Crippen LogP contribution in [0.1, 0.15) is 54.9 Å². The van der Waals surface area contributed by atoms with E-state index >= 15 is 0 Å². The fourth-order valence-corrected chi connectivity index (χ4v) is 6.89. The highest BCUT2D eigenvalue weighted by Gasteiger charge is 2.76. The van der Waals surface area contributed by atoms with Crippen molar-refractivity contribution in [3.63, 3.8) is 0 Å².